The summed E-state index contributed by atoms with van der Waals surface area (Å²) in [6, 6.07) is 9.71. The minimum absolute atomic E-state index is 0.355. The first-order valence-corrected chi connectivity index (χ1v) is 7.70. The topological polar surface area (TPSA) is 78.4 Å². The van der Waals surface area contributed by atoms with Crippen LogP contribution < -0.4 is 10.6 Å². The normalized spacial score (nSPS) is 22.6. The Morgan fingerprint density at radius 1 is 1.22 bits per heavy atom. The number of rotatable bonds is 6. The van der Waals surface area contributed by atoms with Crippen LogP contribution in [0, 0.1) is 5.92 Å². The molecule has 2 rings (SSSR count). The molecule has 0 aliphatic heterocycles. The van der Waals surface area contributed by atoms with E-state index in [2.05, 4.69) is 22.8 Å². The van der Waals surface area contributed by atoms with Crippen molar-refractivity contribution >= 4 is 12.0 Å². The number of carbonyl (C=O) groups is 2. The van der Waals surface area contributed by atoms with Crippen molar-refractivity contribution < 1.29 is 14.7 Å². The van der Waals surface area contributed by atoms with Gasteiger partial charge < -0.3 is 15.7 Å². The second-order valence-electron chi connectivity index (χ2n) is 5.81. The van der Waals surface area contributed by atoms with Gasteiger partial charge in [-0.3, -0.25) is 4.79 Å². The highest BCUT2D eigenvalue weighted by Gasteiger charge is 2.37. The fourth-order valence-corrected chi connectivity index (χ4v) is 2.62. The highest BCUT2D eigenvalue weighted by molar-refractivity contribution is 5.80. The van der Waals surface area contributed by atoms with Gasteiger partial charge in [0, 0.05) is 6.54 Å². The van der Waals surface area contributed by atoms with E-state index in [0.717, 1.165) is 12.8 Å². The quantitative estimate of drug-likeness (QED) is 0.706. The molecule has 2 unspecified atom stereocenters. The molecule has 0 saturated heterocycles. The summed E-state index contributed by atoms with van der Waals surface area (Å²) in [6.45, 7) is 2.24. The predicted molar refractivity (Wildman–Crippen MR) is 89.1 cm³/mol. The minimum atomic E-state index is -0.961. The molecule has 0 spiro atoms. The van der Waals surface area contributed by atoms with E-state index in [1.54, 1.807) is 31.2 Å². The molecule has 1 aliphatic rings. The third-order valence-corrected chi connectivity index (χ3v) is 3.92. The Hall–Kier alpha value is -2.56. The largest absolute Gasteiger partial charge is 0.481 e. The zero-order chi connectivity index (χ0) is 16.7. The zero-order valence-electron chi connectivity index (χ0n) is 13.2. The molecular formula is C18H22N2O3. The van der Waals surface area contributed by atoms with Crippen molar-refractivity contribution in [2.24, 2.45) is 5.92 Å². The number of allylic oxidation sites excluding steroid dienone is 2. The average Bonchev–Trinajstić information content (AvgIpc) is 2.52. The summed E-state index contributed by atoms with van der Waals surface area (Å²) in [7, 11) is 0. The third-order valence-electron chi connectivity index (χ3n) is 3.92. The first kappa shape index (κ1) is 16.8. The van der Waals surface area contributed by atoms with E-state index in [1.165, 1.54) is 5.56 Å². The molecule has 2 amide bonds. The van der Waals surface area contributed by atoms with Gasteiger partial charge in [-0.15, -0.1) is 0 Å². The number of hydrogen-bond acceptors (Lipinski definition) is 2. The SMILES string of the molecule is CC1(NC(=O)NCCCc2ccccc2)C=CC=CC1C(=O)O. The van der Waals surface area contributed by atoms with Gasteiger partial charge in [0.1, 0.15) is 5.92 Å². The highest BCUT2D eigenvalue weighted by Crippen LogP contribution is 2.24. The number of carboxylic acids is 1. The van der Waals surface area contributed by atoms with Gasteiger partial charge in [-0.1, -0.05) is 54.6 Å². The molecule has 0 fully saturated rings. The van der Waals surface area contributed by atoms with Crippen LogP contribution in [0.1, 0.15) is 18.9 Å². The van der Waals surface area contributed by atoms with Gasteiger partial charge in [-0.05, 0) is 25.3 Å². The lowest BCUT2D eigenvalue weighted by molar-refractivity contribution is -0.141. The summed E-state index contributed by atoms with van der Waals surface area (Å²) in [5, 5.41) is 14.8. The Balaban J connectivity index is 1.79. The van der Waals surface area contributed by atoms with Crippen LogP contribution in [-0.2, 0) is 11.2 Å². The number of carboxylic acid groups (broad SMARTS) is 1. The highest BCUT2D eigenvalue weighted by atomic mass is 16.4. The maximum atomic E-state index is 12.0. The predicted octanol–water partition coefficient (Wildman–Crippen LogP) is 2.50. The van der Waals surface area contributed by atoms with Gasteiger partial charge in [0.2, 0.25) is 0 Å². The van der Waals surface area contributed by atoms with E-state index < -0.39 is 17.4 Å². The fraction of sp³-hybridized carbons (Fsp3) is 0.333. The molecule has 122 valence electrons. The summed E-state index contributed by atoms with van der Waals surface area (Å²) in [4.78, 5) is 23.3. The summed E-state index contributed by atoms with van der Waals surface area (Å²) in [5.41, 5.74) is 0.303. The van der Waals surface area contributed by atoms with E-state index >= 15 is 0 Å². The van der Waals surface area contributed by atoms with Crippen LogP contribution in [0.5, 0.6) is 0 Å². The lowest BCUT2D eigenvalue weighted by atomic mass is 9.82. The molecule has 0 aromatic heterocycles. The minimum Gasteiger partial charge on any atom is -0.481 e. The standard InChI is InChI=1S/C18H22N2O3/c1-18(12-6-5-11-15(18)16(21)22)20-17(23)19-13-7-10-14-8-3-2-4-9-14/h2-6,8-9,11-12,15H,7,10,13H2,1H3,(H,21,22)(H2,19,20,23). The van der Waals surface area contributed by atoms with Gasteiger partial charge >= 0.3 is 12.0 Å². The smallest absolute Gasteiger partial charge is 0.315 e. The average molecular weight is 314 g/mol. The number of aliphatic carboxylic acids is 1. The Kier molecular flexibility index (Phi) is 5.57. The van der Waals surface area contributed by atoms with Gasteiger partial charge in [-0.2, -0.15) is 0 Å². The Morgan fingerprint density at radius 3 is 2.65 bits per heavy atom. The lowest BCUT2D eigenvalue weighted by Gasteiger charge is -2.33. The van der Waals surface area contributed by atoms with Gasteiger partial charge in [-0.25, -0.2) is 4.79 Å². The summed E-state index contributed by atoms with van der Waals surface area (Å²) in [6.07, 6.45) is 8.42. The van der Waals surface area contributed by atoms with Crippen molar-refractivity contribution in [2.75, 3.05) is 6.54 Å². The summed E-state index contributed by atoms with van der Waals surface area (Å²) >= 11 is 0. The molecule has 1 aromatic rings. The van der Waals surface area contributed by atoms with Gasteiger partial charge in [0.15, 0.2) is 0 Å². The van der Waals surface area contributed by atoms with Crippen molar-refractivity contribution in [2.45, 2.75) is 25.3 Å². The van der Waals surface area contributed by atoms with Crippen LogP contribution in [-0.4, -0.2) is 29.2 Å². The van der Waals surface area contributed by atoms with Gasteiger partial charge in [0.25, 0.3) is 0 Å². The number of benzene rings is 1. The van der Waals surface area contributed by atoms with Crippen LogP contribution in [0.4, 0.5) is 4.79 Å². The van der Waals surface area contributed by atoms with E-state index in [9.17, 15) is 14.7 Å². The molecule has 3 N–H and O–H groups in total. The zero-order valence-corrected chi connectivity index (χ0v) is 13.2. The number of carbonyl (C=O) groups excluding carboxylic acids is 1. The van der Waals surface area contributed by atoms with Crippen LogP contribution in [0.15, 0.2) is 54.6 Å². The lowest BCUT2D eigenvalue weighted by Crippen LogP contribution is -2.55. The molecule has 1 aliphatic carbocycles. The van der Waals surface area contributed by atoms with E-state index in [4.69, 9.17) is 0 Å². The van der Waals surface area contributed by atoms with E-state index in [-0.39, 0.29) is 6.03 Å². The first-order chi connectivity index (χ1) is 11.0. The Labute approximate surface area is 136 Å². The number of urea groups is 1. The number of hydrogen-bond donors (Lipinski definition) is 3. The van der Waals surface area contributed by atoms with E-state index in [1.807, 2.05) is 18.2 Å². The van der Waals surface area contributed by atoms with Crippen LogP contribution in [0.2, 0.25) is 0 Å². The second kappa shape index (κ2) is 7.63. The second-order valence-corrected chi connectivity index (χ2v) is 5.81. The molecule has 0 saturated carbocycles. The van der Waals surface area contributed by atoms with Gasteiger partial charge in [0.05, 0.1) is 5.54 Å². The Bertz CT molecular complexity index is 610. The molecule has 1 aromatic carbocycles. The molecule has 5 nitrogen and oxygen atoms in total. The Morgan fingerprint density at radius 2 is 1.96 bits per heavy atom. The molecule has 23 heavy (non-hydrogen) atoms. The number of amides is 2. The van der Waals surface area contributed by atoms with Crippen molar-refractivity contribution in [3.05, 3.63) is 60.2 Å². The van der Waals surface area contributed by atoms with Crippen molar-refractivity contribution in [1.29, 1.82) is 0 Å². The summed E-state index contributed by atoms with van der Waals surface area (Å²) < 4.78 is 0. The molecule has 2 atom stereocenters. The molecule has 0 heterocycles. The van der Waals surface area contributed by atoms with Crippen molar-refractivity contribution in [3.63, 3.8) is 0 Å². The van der Waals surface area contributed by atoms with E-state index in [0.29, 0.717) is 6.54 Å². The molecule has 0 radical (unpaired) electrons. The number of nitrogens with one attached hydrogen (secondary N) is 2. The van der Waals surface area contributed by atoms with Crippen LogP contribution in [0.25, 0.3) is 0 Å². The maximum Gasteiger partial charge on any atom is 0.315 e. The third kappa shape index (κ3) is 4.71. The molecular weight excluding hydrogens is 292 g/mol. The van der Waals surface area contributed by atoms with Crippen molar-refractivity contribution in [3.8, 4) is 0 Å². The molecule has 5 heteroatoms. The monoisotopic (exact) mass is 314 g/mol. The maximum absolute atomic E-state index is 12.0. The number of aryl methyl sites for hydroxylation is 1. The van der Waals surface area contributed by atoms with Crippen LogP contribution in [0.3, 0.4) is 0 Å². The first-order valence-electron chi connectivity index (χ1n) is 7.70. The van der Waals surface area contributed by atoms with Crippen molar-refractivity contribution in [1.82, 2.24) is 10.6 Å². The fourth-order valence-electron chi connectivity index (χ4n) is 2.62. The molecule has 0 bridgehead atoms. The van der Waals surface area contributed by atoms with Crippen LogP contribution >= 0.6 is 0 Å². The summed E-state index contributed by atoms with van der Waals surface area (Å²) in [5.74, 6) is -1.74.